The van der Waals surface area contributed by atoms with Crippen LogP contribution in [-0.2, 0) is 0 Å². The van der Waals surface area contributed by atoms with Crippen molar-refractivity contribution in [3.8, 4) is 0 Å². The third kappa shape index (κ3) is 10.7. The summed E-state index contributed by atoms with van der Waals surface area (Å²) < 4.78 is 0. The second-order valence-electron chi connectivity index (χ2n) is 14.0. The van der Waals surface area contributed by atoms with Gasteiger partial charge in [0, 0.05) is 0 Å². The molecule has 2 rings (SSSR count). The molecule has 0 heteroatoms. The first-order valence-electron chi connectivity index (χ1n) is 10.9. The van der Waals surface area contributed by atoms with E-state index < -0.39 is 0 Å². The Kier molecular flexibility index (Phi) is 6.96. The first kappa shape index (κ1) is 23.0. The third-order valence-corrected chi connectivity index (χ3v) is 5.73. The zero-order valence-corrected chi connectivity index (χ0v) is 19.8. The molecule has 0 amide bonds. The van der Waals surface area contributed by atoms with E-state index in [0.29, 0.717) is 21.7 Å². The second kappa shape index (κ2) is 7.55. The lowest BCUT2D eigenvalue weighted by molar-refractivity contribution is 0.284. The molecule has 2 saturated carbocycles. The van der Waals surface area contributed by atoms with Gasteiger partial charge in [-0.1, -0.05) is 83.1 Å². The van der Waals surface area contributed by atoms with Crippen LogP contribution >= 0.6 is 0 Å². The van der Waals surface area contributed by atoms with Gasteiger partial charge in [0.1, 0.15) is 0 Å². The van der Waals surface area contributed by atoms with E-state index in [1.165, 1.54) is 32.1 Å². The molecule has 0 aromatic rings. The van der Waals surface area contributed by atoms with E-state index in [9.17, 15) is 0 Å². The Bertz CT molecular complexity index is 381. The summed E-state index contributed by atoms with van der Waals surface area (Å²) in [6.07, 6.45) is 7.23. The zero-order chi connectivity index (χ0) is 19.8. The number of hydrogen-bond donors (Lipinski definition) is 0. The summed E-state index contributed by atoms with van der Waals surface area (Å²) in [4.78, 5) is 0. The van der Waals surface area contributed by atoms with Crippen molar-refractivity contribution in [2.45, 2.75) is 115 Å². The second-order valence-corrected chi connectivity index (χ2v) is 14.0. The maximum absolute atomic E-state index is 2.38. The molecule has 0 aliphatic heterocycles. The van der Waals surface area contributed by atoms with E-state index >= 15 is 0 Å². The van der Waals surface area contributed by atoms with Crippen LogP contribution in [0.25, 0.3) is 0 Å². The Morgan fingerprint density at radius 1 is 0.480 bits per heavy atom. The van der Waals surface area contributed by atoms with Crippen LogP contribution in [0.1, 0.15) is 115 Å². The van der Waals surface area contributed by atoms with Crippen molar-refractivity contribution in [2.75, 3.05) is 0 Å². The van der Waals surface area contributed by atoms with Gasteiger partial charge in [0.05, 0.1) is 0 Å². The van der Waals surface area contributed by atoms with Gasteiger partial charge in [-0.15, -0.1) is 0 Å². The maximum atomic E-state index is 2.38. The van der Waals surface area contributed by atoms with Gasteiger partial charge in [-0.25, -0.2) is 0 Å². The monoisotopic (exact) mass is 350 g/mol. The first-order valence-corrected chi connectivity index (χ1v) is 10.9. The van der Waals surface area contributed by atoms with Crippen molar-refractivity contribution in [1.82, 2.24) is 0 Å². The van der Waals surface area contributed by atoms with Crippen molar-refractivity contribution in [3.05, 3.63) is 0 Å². The fraction of sp³-hybridized carbons (Fsp3) is 1.00. The Labute approximate surface area is 160 Å². The summed E-state index contributed by atoms with van der Waals surface area (Å²) in [5.41, 5.74) is 2.16. The van der Waals surface area contributed by atoms with E-state index in [4.69, 9.17) is 0 Å². The van der Waals surface area contributed by atoms with E-state index in [2.05, 4.69) is 83.1 Å². The normalized spacial score (nSPS) is 29.8. The molecule has 0 N–H and O–H groups in total. The average molecular weight is 351 g/mol. The van der Waals surface area contributed by atoms with Gasteiger partial charge in [0.25, 0.3) is 0 Å². The summed E-state index contributed by atoms with van der Waals surface area (Å²) in [6.45, 7) is 28.3. The van der Waals surface area contributed by atoms with Crippen molar-refractivity contribution in [2.24, 2.45) is 45.3 Å². The highest BCUT2D eigenvalue weighted by atomic mass is 14.5. The van der Waals surface area contributed by atoms with Crippen molar-refractivity contribution >= 4 is 0 Å². The van der Waals surface area contributed by atoms with Gasteiger partial charge >= 0.3 is 0 Å². The summed E-state index contributed by atoms with van der Waals surface area (Å²) in [5.74, 6) is 4.10. The van der Waals surface area contributed by atoms with Crippen LogP contribution in [0.5, 0.6) is 0 Å². The van der Waals surface area contributed by atoms with Crippen LogP contribution < -0.4 is 0 Å². The molecule has 2 aliphatic carbocycles. The molecule has 4 unspecified atom stereocenters. The van der Waals surface area contributed by atoms with Gasteiger partial charge in [0.15, 0.2) is 0 Å². The molecular weight excluding hydrogens is 300 g/mol. The van der Waals surface area contributed by atoms with E-state index in [1.54, 1.807) is 0 Å². The minimum Gasteiger partial charge on any atom is -0.0602 e. The molecule has 2 fully saturated rings. The SMILES string of the molecule is CC(C)(C)CC1CC1C(C)(C)C.CC(C)(C)CC1CC1CC(C)(C)C. The minimum atomic E-state index is 0.532. The lowest BCUT2D eigenvalue weighted by Crippen LogP contribution is -2.12. The molecule has 0 bridgehead atoms. The molecule has 0 saturated heterocycles. The Morgan fingerprint density at radius 3 is 1.04 bits per heavy atom. The van der Waals surface area contributed by atoms with Crippen molar-refractivity contribution in [1.29, 1.82) is 0 Å². The van der Waals surface area contributed by atoms with Crippen LogP contribution in [0, 0.1) is 45.3 Å². The van der Waals surface area contributed by atoms with E-state index in [-0.39, 0.29) is 0 Å². The largest absolute Gasteiger partial charge is 0.0602 e. The molecular formula is C25H50. The molecule has 150 valence electrons. The van der Waals surface area contributed by atoms with E-state index in [0.717, 1.165) is 23.7 Å². The quantitative estimate of drug-likeness (QED) is 0.478. The van der Waals surface area contributed by atoms with E-state index in [1.807, 2.05) is 0 Å². The standard InChI is InChI=1S/C13H26.C12H24/c1-12(2,3)8-10-7-11(10)9-13(4,5)6;1-11(2,3)8-9-7-10(9)12(4,5)6/h10-11H,7-9H2,1-6H3;9-10H,7-8H2,1-6H3. The van der Waals surface area contributed by atoms with Gasteiger partial charge in [-0.2, -0.15) is 0 Å². The summed E-state index contributed by atoms with van der Waals surface area (Å²) >= 11 is 0. The summed E-state index contributed by atoms with van der Waals surface area (Å²) in [6, 6.07) is 0. The van der Waals surface area contributed by atoms with Crippen LogP contribution in [0.15, 0.2) is 0 Å². The summed E-state index contributed by atoms with van der Waals surface area (Å²) in [5, 5.41) is 0. The lowest BCUT2D eigenvalue weighted by Gasteiger charge is -2.22. The Morgan fingerprint density at radius 2 is 0.800 bits per heavy atom. The fourth-order valence-corrected chi connectivity index (χ4v) is 4.70. The number of hydrogen-bond acceptors (Lipinski definition) is 0. The fourth-order valence-electron chi connectivity index (χ4n) is 4.70. The van der Waals surface area contributed by atoms with Crippen LogP contribution in [0.4, 0.5) is 0 Å². The smallest absolute Gasteiger partial charge is 0.0334 e. The molecule has 0 radical (unpaired) electrons. The first-order chi connectivity index (χ1) is 10.9. The minimum absolute atomic E-state index is 0.532. The van der Waals surface area contributed by atoms with Gasteiger partial charge in [-0.05, 0) is 77.4 Å². The number of rotatable bonds is 3. The molecule has 0 spiro atoms. The van der Waals surface area contributed by atoms with Crippen LogP contribution in [-0.4, -0.2) is 0 Å². The molecule has 0 nitrogen and oxygen atoms in total. The Balaban J connectivity index is 0.000000251. The van der Waals surface area contributed by atoms with Gasteiger partial charge < -0.3 is 0 Å². The molecule has 2 aliphatic rings. The predicted octanol–water partition coefficient (Wildman–Crippen LogP) is 8.60. The van der Waals surface area contributed by atoms with Crippen molar-refractivity contribution in [3.63, 3.8) is 0 Å². The molecule has 0 aromatic carbocycles. The predicted molar refractivity (Wildman–Crippen MR) is 115 cm³/mol. The molecule has 25 heavy (non-hydrogen) atoms. The van der Waals surface area contributed by atoms with Gasteiger partial charge in [-0.3, -0.25) is 0 Å². The van der Waals surface area contributed by atoms with Crippen LogP contribution in [0.2, 0.25) is 0 Å². The maximum Gasteiger partial charge on any atom is -0.0334 e. The topological polar surface area (TPSA) is 0 Å². The van der Waals surface area contributed by atoms with Gasteiger partial charge in [0.2, 0.25) is 0 Å². The highest BCUT2D eigenvalue weighted by Crippen LogP contribution is 2.55. The zero-order valence-electron chi connectivity index (χ0n) is 19.8. The molecule has 0 aromatic heterocycles. The summed E-state index contributed by atoms with van der Waals surface area (Å²) in [7, 11) is 0. The van der Waals surface area contributed by atoms with Crippen LogP contribution in [0.3, 0.4) is 0 Å². The van der Waals surface area contributed by atoms with Crippen molar-refractivity contribution < 1.29 is 0 Å². The highest BCUT2D eigenvalue weighted by molar-refractivity contribution is 4.95. The lowest BCUT2D eigenvalue weighted by atomic mass is 9.84. The highest BCUT2D eigenvalue weighted by Gasteiger charge is 2.46. The molecule has 4 atom stereocenters. The third-order valence-electron chi connectivity index (χ3n) is 5.73. The molecule has 0 heterocycles. The average Bonchev–Trinajstić information content (AvgIpc) is 3.12. The Hall–Kier alpha value is 0.